The molecule has 2 aromatic carbocycles. The van der Waals surface area contributed by atoms with Gasteiger partial charge in [0.1, 0.15) is 0 Å². The van der Waals surface area contributed by atoms with Crippen LogP contribution in [0.25, 0.3) is 0 Å². The molecule has 6 heteroatoms. The van der Waals surface area contributed by atoms with Crippen molar-refractivity contribution < 1.29 is 14.6 Å². The highest BCUT2D eigenvalue weighted by atomic mass is 32.2. The number of nitrogens with zero attached hydrogens (tertiary/aromatic N) is 1. The van der Waals surface area contributed by atoms with Crippen molar-refractivity contribution >= 4 is 11.8 Å². The average Bonchev–Trinajstić information content (AvgIpc) is 2.83. The summed E-state index contributed by atoms with van der Waals surface area (Å²) >= 11 is 1.69. The van der Waals surface area contributed by atoms with Gasteiger partial charge in [-0.2, -0.15) is 0 Å². The predicted octanol–water partition coefficient (Wildman–Crippen LogP) is 4.37. The predicted molar refractivity (Wildman–Crippen MR) is 118 cm³/mol. The number of ether oxygens (including phenoxy) is 2. The zero-order chi connectivity index (χ0) is 20.8. The molecule has 3 atom stereocenters. The number of hydrogen-bond acceptors (Lipinski definition) is 6. The Labute approximate surface area is 181 Å². The van der Waals surface area contributed by atoms with Crippen LogP contribution < -0.4 is 5.73 Å². The van der Waals surface area contributed by atoms with E-state index < -0.39 is 6.29 Å². The summed E-state index contributed by atoms with van der Waals surface area (Å²) in [5.41, 5.74) is 9.77. The first-order valence-electron chi connectivity index (χ1n) is 10.1. The second-order valence-corrected chi connectivity index (χ2v) is 8.32. The molecule has 5 nitrogen and oxygen atoms in total. The Balaban J connectivity index is 1.52. The zero-order valence-electron chi connectivity index (χ0n) is 16.7. The lowest BCUT2D eigenvalue weighted by molar-refractivity contribution is -0.245. The lowest BCUT2D eigenvalue weighted by Crippen LogP contribution is -2.31. The van der Waals surface area contributed by atoms with Gasteiger partial charge in [0.15, 0.2) is 6.29 Å². The highest BCUT2D eigenvalue weighted by Gasteiger charge is 2.32. The van der Waals surface area contributed by atoms with E-state index in [9.17, 15) is 5.11 Å². The fourth-order valence-electron chi connectivity index (χ4n) is 3.44. The Kier molecular flexibility index (Phi) is 7.15. The number of aliphatic hydroxyl groups is 1. The van der Waals surface area contributed by atoms with Crippen LogP contribution in [0.15, 0.2) is 78.0 Å². The average molecular weight is 423 g/mol. The van der Waals surface area contributed by atoms with Crippen LogP contribution in [0, 0.1) is 0 Å². The van der Waals surface area contributed by atoms with E-state index in [0.29, 0.717) is 6.54 Å². The summed E-state index contributed by atoms with van der Waals surface area (Å²) in [5, 5.41) is 10.3. The van der Waals surface area contributed by atoms with Gasteiger partial charge in [0, 0.05) is 30.5 Å². The number of hydrogen-bond donors (Lipinski definition) is 2. The molecule has 3 aromatic rings. The van der Waals surface area contributed by atoms with Gasteiger partial charge in [-0.15, -0.1) is 11.8 Å². The van der Waals surface area contributed by atoms with Gasteiger partial charge in [-0.05, 0) is 28.8 Å². The molecule has 1 unspecified atom stereocenters. The van der Waals surface area contributed by atoms with E-state index in [2.05, 4.69) is 4.98 Å². The highest BCUT2D eigenvalue weighted by Crippen LogP contribution is 2.39. The molecule has 3 N–H and O–H groups in total. The number of benzene rings is 2. The fraction of sp³-hybridized carbons (Fsp3) is 0.292. The van der Waals surface area contributed by atoms with Crippen molar-refractivity contribution in [2.75, 3.05) is 5.75 Å². The molecule has 1 aliphatic rings. The van der Waals surface area contributed by atoms with Crippen molar-refractivity contribution in [2.45, 2.75) is 43.1 Å². The Morgan fingerprint density at radius 3 is 2.33 bits per heavy atom. The largest absolute Gasteiger partial charge is 0.392 e. The number of aliphatic hydroxyl groups excluding tert-OH is 1. The molecule has 0 saturated carbocycles. The van der Waals surface area contributed by atoms with Crippen molar-refractivity contribution in [3.05, 3.63) is 95.2 Å². The van der Waals surface area contributed by atoms with Gasteiger partial charge in [0.25, 0.3) is 0 Å². The first-order chi connectivity index (χ1) is 14.7. The molecule has 1 aliphatic heterocycles. The maximum Gasteiger partial charge on any atom is 0.184 e. The molecule has 0 radical (unpaired) electrons. The second-order valence-electron chi connectivity index (χ2n) is 7.27. The smallest absolute Gasteiger partial charge is 0.184 e. The zero-order valence-corrected chi connectivity index (χ0v) is 17.5. The van der Waals surface area contributed by atoms with Crippen LogP contribution in [0.4, 0.5) is 0 Å². The number of thioether (sulfide) groups is 1. The maximum atomic E-state index is 9.32. The standard InChI is InChI=1S/C24H26N2O3S/c25-14-17-4-10-20(11-5-17)24-28-21(16-30-23-3-1-2-12-26-23)13-22(29-24)19-8-6-18(15-27)7-9-19/h1-12,21-22,24,27H,13-16,25H2/t21-,22+,24?/m0/s1. The van der Waals surface area contributed by atoms with Gasteiger partial charge < -0.3 is 20.3 Å². The first-order valence-corrected chi connectivity index (χ1v) is 11.1. The number of aromatic nitrogens is 1. The second kappa shape index (κ2) is 10.2. The number of rotatable bonds is 7. The van der Waals surface area contributed by atoms with Crippen molar-refractivity contribution in [3.63, 3.8) is 0 Å². The molecule has 0 spiro atoms. The molecule has 0 aliphatic carbocycles. The Hall–Kier alpha value is -2.22. The summed E-state index contributed by atoms with van der Waals surface area (Å²) in [5.74, 6) is 0.795. The normalized spacial score (nSPS) is 21.5. The Bertz CT molecular complexity index is 864. The van der Waals surface area contributed by atoms with E-state index in [1.807, 2.05) is 66.7 Å². The topological polar surface area (TPSA) is 77.6 Å². The van der Waals surface area contributed by atoms with Crippen molar-refractivity contribution in [2.24, 2.45) is 5.73 Å². The van der Waals surface area contributed by atoms with Crippen LogP contribution in [0.3, 0.4) is 0 Å². The molecule has 4 rings (SSSR count). The van der Waals surface area contributed by atoms with Gasteiger partial charge >= 0.3 is 0 Å². The highest BCUT2D eigenvalue weighted by molar-refractivity contribution is 7.99. The van der Waals surface area contributed by atoms with E-state index in [1.165, 1.54) is 0 Å². The van der Waals surface area contributed by atoms with E-state index >= 15 is 0 Å². The molecule has 156 valence electrons. The molecule has 1 fully saturated rings. The maximum absolute atomic E-state index is 9.32. The van der Waals surface area contributed by atoms with E-state index in [0.717, 1.165) is 39.5 Å². The van der Waals surface area contributed by atoms with Gasteiger partial charge in [0.2, 0.25) is 0 Å². The van der Waals surface area contributed by atoms with Crippen molar-refractivity contribution in [3.8, 4) is 0 Å². The van der Waals surface area contributed by atoms with Crippen molar-refractivity contribution in [1.82, 2.24) is 4.98 Å². The minimum atomic E-state index is -0.442. The molecular weight excluding hydrogens is 396 g/mol. The van der Waals surface area contributed by atoms with Gasteiger partial charge in [-0.25, -0.2) is 4.98 Å². The van der Waals surface area contributed by atoms with E-state index in [4.69, 9.17) is 15.2 Å². The third-order valence-corrected chi connectivity index (χ3v) is 6.23. The lowest BCUT2D eigenvalue weighted by Gasteiger charge is -2.36. The molecule has 1 aromatic heterocycles. The summed E-state index contributed by atoms with van der Waals surface area (Å²) in [6.07, 6.45) is 2.06. The Morgan fingerprint density at radius 2 is 1.67 bits per heavy atom. The summed E-state index contributed by atoms with van der Waals surface area (Å²) in [6, 6.07) is 21.9. The lowest BCUT2D eigenvalue weighted by atomic mass is 10.0. The summed E-state index contributed by atoms with van der Waals surface area (Å²) < 4.78 is 12.7. The monoisotopic (exact) mass is 422 g/mol. The van der Waals surface area contributed by atoms with Crippen molar-refractivity contribution in [1.29, 1.82) is 0 Å². The van der Waals surface area contributed by atoms with Crippen LogP contribution in [-0.2, 0) is 22.6 Å². The van der Waals surface area contributed by atoms with Crippen LogP contribution in [0.5, 0.6) is 0 Å². The third-order valence-electron chi connectivity index (χ3n) is 5.16. The SMILES string of the molecule is NCc1ccc(C2O[C@H](CSc3ccccn3)C[C@H](c3ccc(CO)cc3)O2)cc1. The molecule has 0 bridgehead atoms. The third kappa shape index (κ3) is 5.28. The fourth-order valence-corrected chi connectivity index (χ4v) is 4.33. The first kappa shape index (κ1) is 21.0. The molecule has 2 heterocycles. The molecular formula is C24H26N2O3S. The van der Waals surface area contributed by atoms with Gasteiger partial charge in [-0.1, -0.05) is 54.6 Å². The molecule has 0 amide bonds. The number of pyridine rings is 1. The van der Waals surface area contributed by atoms with Crippen LogP contribution in [-0.4, -0.2) is 21.9 Å². The van der Waals surface area contributed by atoms with E-state index in [-0.39, 0.29) is 18.8 Å². The van der Waals surface area contributed by atoms with E-state index in [1.54, 1.807) is 18.0 Å². The minimum absolute atomic E-state index is 0.0208. The summed E-state index contributed by atoms with van der Waals surface area (Å²) in [7, 11) is 0. The summed E-state index contributed by atoms with van der Waals surface area (Å²) in [6.45, 7) is 0.546. The molecule has 1 saturated heterocycles. The number of nitrogens with two attached hydrogens (primary N) is 1. The summed E-state index contributed by atoms with van der Waals surface area (Å²) in [4.78, 5) is 4.40. The van der Waals surface area contributed by atoms with Crippen LogP contribution in [0.1, 0.15) is 41.1 Å². The quantitative estimate of drug-likeness (QED) is 0.551. The Morgan fingerprint density at radius 1 is 0.933 bits per heavy atom. The molecule has 30 heavy (non-hydrogen) atoms. The minimum Gasteiger partial charge on any atom is -0.392 e. The van der Waals surface area contributed by atoms with Crippen LogP contribution in [0.2, 0.25) is 0 Å². The van der Waals surface area contributed by atoms with Crippen LogP contribution >= 0.6 is 11.8 Å². The van der Waals surface area contributed by atoms with Gasteiger partial charge in [-0.3, -0.25) is 0 Å². The van der Waals surface area contributed by atoms with Gasteiger partial charge in [0.05, 0.1) is 23.8 Å².